The van der Waals surface area contributed by atoms with Crippen molar-refractivity contribution < 1.29 is 0 Å². The number of aromatic nitrogens is 2. The maximum atomic E-state index is 4.34. The van der Waals surface area contributed by atoms with Gasteiger partial charge >= 0.3 is 0 Å². The van der Waals surface area contributed by atoms with E-state index in [1.807, 2.05) is 0 Å². The summed E-state index contributed by atoms with van der Waals surface area (Å²) in [5.74, 6) is 0.965. The molecule has 0 aromatic carbocycles. The Bertz CT molecular complexity index is 360. The minimum Gasteiger partial charge on any atom is -0.354 e. The number of hydrogen-bond donors (Lipinski definition) is 1. The number of nitrogens with zero attached hydrogens (tertiary/aromatic N) is 3. The number of rotatable bonds is 2. The highest BCUT2D eigenvalue weighted by Gasteiger charge is 2.21. The number of anilines is 1. The molecule has 2 rings (SSSR count). The van der Waals surface area contributed by atoms with Gasteiger partial charge in [-0.05, 0) is 25.1 Å². The molecule has 94 valence electrons. The average Bonchev–Trinajstić information content (AvgIpc) is 2.80. The summed E-state index contributed by atoms with van der Waals surface area (Å²) < 4.78 is 0. The van der Waals surface area contributed by atoms with Crippen LogP contribution in [0.3, 0.4) is 0 Å². The van der Waals surface area contributed by atoms with Crippen LogP contribution in [0.25, 0.3) is 0 Å². The first-order valence-electron chi connectivity index (χ1n) is 6.26. The summed E-state index contributed by atoms with van der Waals surface area (Å²) in [6.07, 6.45) is 1.18. The van der Waals surface area contributed by atoms with Crippen molar-refractivity contribution in [1.82, 2.24) is 15.5 Å². The summed E-state index contributed by atoms with van der Waals surface area (Å²) in [4.78, 5) is 2.22. The van der Waals surface area contributed by atoms with Crippen LogP contribution in [0.1, 0.15) is 32.9 Å². The smallest absolute Gasteiger partial charge is 0.151 e. The summed E-state index contributed by atoms with van der Waals surface area (Å²) in [5.41, 5.74) is 1.11. The van der Waals surface area contributed by atoms with E-state index in [4.69, 9.17) is 0 Å². The summed E-state index contributed by atoms with van der Waals surface area (Å²) in [7, 11) is 2.10. The van der Waals surface area contributed by atoms with Gasteiger partial charge in [0, 0.05) is 25.0 Å². The molecule has 1 aromatic heterocycles. The van der Waals surface area contributed by atoms with Gasteiger partial charge in [-0.25, -0.2) is 0 Å². The molecule has 1 saturated heterocycles. The molecule has 0 aliphatic carbocycles. The maximum absolute atomic E-state index is 4.34. The largest absolute Gasteiger partial charge is 0.354 e. The van der Waals surface area contributed by atoms with E-state index in [-0.39, 0.29) is 5.41 Å². The molecule has 4 nitrogen and oxygen atoms in total. The second-order valence-corrected chi connectivity index (χ2v) is 5.78. The monoisotopic (exact) mass is 234 g/mol. The number of nitrogens with one attached hydrogen (secondary N) is 1. The Balaban J connectivity index is 2.12. The van der Waals surface area contributed by atoms with Gasteiger partial charge in [-0.2, -0.15) is 5.10 Å². The molecule has 1 fully saturated rings. The van der Waals surface area contributed by atoms with Crippen LogP contribution >= 0.6 is 0 Å². The third-order valence-corrected chi connectivity index (χ3v) is 3.36. The van der Waals surface area contributed by atoms with Gasteiger partial charge in [0.05, 0.1) is 5.69 Å². The van der Waals surface area contributed by atoms with E-state index in [1.54, 1.807) is 0 Å². The fourth-order valence-electron chi connectivity index (χ4n) is 2.07. The molecular weight excluding hydrogens is 212 g/mol. The third kappa shape index (κ3) is 2.75. The predicted octanol–water partition coefficient (Wildman–Crippen LogP) is 1.57. The molecule has 0 bridgehead atoms. The number of hydrogen-bond acceptors (Lipinski definition) is 4. The molecule has 0 spiro atoms. The van der Waals surface area contributed by atoms with Crippen LogP contribution in [0.4, 0.5) is 5.82 Å². The van der Waals surface area contributed by atoms with Crippen molar-refractivity contribution in [2.24, 2.45) is 0 Å². The Labute approximate surface area is 103 Å². The van der Waals surface area contributed by atoms with Gasteiger partial charge < -0.3 is 10.2 Å². The molecule has 0 radical (unpaired) electrons. The van der Waals surface area contributed by atoms with Crippen molar-refractivity contribution in [2.45, 2.75) is 38.6 Å². The lowest BCUT2D eigenvalue weighted by molar-refractivity contribution is 0.556. The molecule has 1 aromatic rings. The zero-order valence-electron chi connectivity index (χ0n) is 11.2. The third-order valence-electron chi connectivity index (χ3n) is 3.36. The van der Waals surface area contributed by atoms with E-state index in [9.17, 15) is 0 Å². The van der Waals surface area contributed by atoms with Crippen LogP contribution in [0, 0.1) is 0 Å². The van der Waals surface area contributed by atoms with Crippen LogP contribution in [-0.2, 0) is 5.41 Å². The van der Waals surface area contributed by atoms with Crippen molar-refractivity contribution in [3.63, 3.8) is 0 Å². The minimum atomic E-state index is 0.0685. The van der Waals surface area contributed by atoms with Gasteiger partial charge in [-0.3, -0.25) is 0 Å². The summed E-state index contributed by atoms with van der Waals surface area (Å²) in [6, 6.07) is 4.71. The van der Waals surface area contributed by atoms with Gasteiger partial charge in [-0.15, -0.1) is 5.10 Å². The Morgan fingerprint density at radius 3 is 2.53 bits per heavy atom. The standard InChI is InChI=1S/C13H22N4/c1-13(2,3)11-5-6-12(16-15-11)17(4)10-7-8-14-9-10/h5-6,10,14H,7-9H2,1-4H3. The first-order valence-corrected chi connectivity index (χ1v) is 6.26. The fraction of sp³-hybridized carbons (Fsp3) is 0.692. The maximum Gasteiger partial charge on any atom is 0.151 e. The Morgan fingerprint density at radius 1 is 1.29 bits per heavy atom. The summed E-state index contributed by atoms with van der Waals surface area (Å²) in [6.45, 7) is 8.60. The fourth-order valence-corrected chi connectivity index (χ4v) is 2.07. The SMILES string of the molecule is CN(c1ccc(C(C)(C)C)nn1)C1CCNC1. The molecule has 1 aliphatic rings. The Morgan fingerprint density at radius 2 is 2.06 bits per heavy atom. The van der Waals surface area contributed by atoms with E-state index >= 15 is 0 Å². The first-order chi connectivity index (χ1) is 7.98. The topological polar surface area (TPSA) is 41.1 Å². The average molecular weight is 234 g/mol. The molecule has 0 saturated carbocycles. The molecule has 1 unspecified atom stereocenters. The van der Waals surface area contributed by atoms with Gasteiger partial charge in [0.15, 0.2) is 5.82 Å². The molecule has 2 heterocycles. The molecular formula is C13H22N4. The van der Waals surface area contributed by atoms with Gasteiger partial charge in [0.2, 0.25) is 0 Å². The van der Waals surface area contributed by atoms with Crippen LogP contribution in [0.15, 0.2) is 12.1 Å². The molecule has 1 atom stereocenters. The van der Waals surface area contributed by atoms with E-state index in [1.165, 1.54) is 6.42 Å². The predicted molar refractivity (Wildman–Crippen MR) is 70.4 cm³/mol. The van der Waals surface area contributed by atoms with Crippen molar-refractivity contribution in [1.29, 1.82) is 0 Å². The van der Waals surface area contributed by atoms with Crippen LogP contribution in [-0.4, -0.2) is 36.4 Å². The molecule has 1 aliphatic heterocycles. The summed E-state index contributed by atoms with van der Waals surface area (Å²) >= 11 is 0. The summed E-state index contributed by atoms with van der Waals surface area (Å²) in [5, 5.41) is 12.0. The van der Waals surface area contributed by atoms with Gasteiger partial charge in [0.1, 0.15) is 0 Å². The lowest BCUT2D eigenvalue weighted by atomic mass is 9.92. The zero-order chi connectivity index (χ0) is 12.5. The van der Waals surface area contributed by atoms with Crippen LogP contribution in [0.5, 0.6) is 0 Å². The molecule has 4 heteroatoms. The first kappa shape index (κ1) is 12.3. The van der Waals surface area contributed by atoms with Crippen LogP contribution < -0.4 is 10.2 Å². The molecule has 1 N–H and O–H groups in total. The van der Waals surface area contributed by atoms with E-state index < -0.39 is 0 Å². The normalized spacial score (nSPS) is 20.6. The number of likely N-dealkylation sites (N-methyl/N-ethyl adjacent to an activating group) is 1. The second kappa shape index (κ2) is 4.61. The van der Waals surface area contributed by atoms with Gasteiger partial charge in [-0.1, -0.05) is 20.8 Å². The zero-order valence-corrected chi connectivity index (χ0v) is 11.2. The van der Waals surface area contributed by atoms with Crippen molar-refractivity contribution in [2.75, 3.05) is 25.0 Å². The highest BCUT2D eigenvalue weighted by molar-refractivity contribution is 5.38. The van der Waals surface area contributed by atoms with E-state index in [2.05, 4.69) is 60.4 Å². The van der Waals surface area contributed by atoms with Gasteiger partial charge in [0.25, 0.3) is 0 Å². The van der Waals surface area contributed by atoms with E-state index in [0.717, 1.165) is 24.6 Å². The second-order valence-electron chi connectivity index (χ2n) is 5.78. The highest BCUT2D eigenvalue weighted by Crippen LogP contribution is 2.21. The molecule has 17 heavy (non-hydrogen) atoms. The Kier molecular flexibility index (Phi) is 3.33. The minimum absolute atomic E-state index is 0.0685. The van der Waals surface area contributed by atoms with Crippen LogP contribution in [0.2, 0.25) is 0 Å². The van der Waals surface area contributed by atoms with Crippen molar-refractivity contribution >= 4 is 5.82 Å². The molecule has 0 amide bonds. The quantitative estimate of drug-likeness (QED) is 0.843. The Hall–Kier alpha value is -1.16. The highest BCUT2D eigenvalue weighted by atomic mass is 15.3. The lowest BCUT2D eigenvalue weighted by Crippen LogP contribution is -2.34. The van der Waals surface area contributed by atoms with Crippen molar-refractivity contribution in [3.8, 4) is 0 Å². The van der Waals surface area contributed by atoms with E-state index in [0.29, 0.717) is 6.04 Å². The van der Waals surface area contributed by atoms with Crippen molar-refractivity contribution in [3.05, 3.63) is 17.8 Å². The lowest BCUT2D eigenvalue weighted by Gasteiger charge is -2.25.